The fraction of sp³-hybridized carbons (Fsp3) is 0.211. The number of benzene rings is 1. The van der Waals surface area contributed by atoms with Crippen LogP contribution in [-0.4, -0.2) is 41.1 Å². The Labute approximate surface area is 157 Å². The summed E-state index contributed by atoms with van der Waals surface area (Å²) in [6.07, 6.45) is 3.43. The zero-order valence-corrected chi connectivity index (χ0v) is 15.1. The van der Waals surface area contributed by atoms with Gasteiger partial charge in [0, 0.05) is 37.3 Å². The summed E-state index contributed by atoms with van der Waals surface area (Å²) in [7, 11) is 0. The molecule has 2 N–H and O–H groups in total. The van der Waals surface area contributed by atoms with Crippen LogP contribution in [0, 0.1) is 0 Å². The maximum absolute atomic E-state index is 6.39. The van der Waals surface area contributed by atoms with Gasteiger partial charge < -0.3 is 15.5 Å². The topological polar surface area (TPSA) is 71.2 Å². The molecule has 1 aliphatic rings. The van der Waals surface area contributed by atoms with E-state index in [1.807, 2.05) is 42.6 Å². The predicted molar refractivity (Wildman–Crippen MR) is 106 cm³/mol. The van der Waals surface area contributed by atoms with Crippen LogP contribution in [0.15, 0.2) is 71.0 Å². The third-order valence-electron chi connectivity index (χ3n) is 4.34. The molecular formula is C19H20N6S. The normalized spacial score (nSPS) is 14.5. The van der Waals surface area contributed by atoms with Gasteiger partial charge in [-0.15, -0.1) is 0 Å². The van der Waals surface area contributed by atoms with Gasteiger partial charge in [-0.1, -0.05) is 36.0 Å². The van der Waals surface area contributed by atoms with Gasteiger partial charge in [-0.05, 0) is 24.3 Å². The van der Waals surface area contributed by atoms with Crippen molar-refractivity contribution >= 4 is 29.1 Å². The first-order valence-corrected chi connectivity index (χ1v) is 9.37. The van der Waals surface area contributed by atoms with E-state index >= 15 is 0 Å². The second-order valence-electron chi connectivity index (χ2n) is 5.99. The van der Waals surface area contributed by atoms with Crippen molar-refractivity contribution in [3.8, 4) is 0 Å². The van der Waals surface area contributed by atoms with Gasteiger partial charge in [0.2, 0.25) is 0 Å². The second kappa shape index (κ2) is 7.61. The molecular weight excluding hydrogens is 344 g/mol. The van der Waals surface area contributed by atoms with Crippen molar-refractivity contribution in [3.05, 3.63) is 61.1 Å². The first kappa shape index (κ1) is 16.7. The van der Waals surface area contributed by atoms with Gasteiger partial charge >= 0.3 is 0 Å². The van der Waals surface area contributed by atoms with Crippen LogP contribution >= 0.6 is 11.8 Å². The number of nitrogen functional groups attached to an aromatic ring is 1. The number of pyridine rings is 1. The zero-order chi connectivity index (χ0) is 17.8. The zero-order valence-electron chi connectivity index (χ0n) is 14.3. The summed E-state index contributed by atoms with van der Waals surface area (Å²) < 4.78 is 0. The Morgan fingerprint density at radius 3 is 2.27 bits per heavy atom. The van der Waals surface area contributed by atoms with E-state index in [1.54, 1.807) is 18.1 Å². The van der Waals surface area contributed by atoms with Gasteiger partial charge in [0.05, 0.1) is 0 Å². The Kier molecular flexibility index (Phi) is 4.88. The van der Waals surface area contributed by atoms with Gasteiger partial charge in [0.1, 0.15) is 22.9 Å². The summed E-state index contributed by atoms with van der Waals surface area (Å²) in [5, 5.41) is 0.799. The lowest BCUT2D eigenvalue weighted by atomic mass is 10.3. The highest BCUT2D eigenvalue weighted by Crippen LogP contribution is 2.34. The van der Waals surface area contributed by atoms with E-state index in [0.29, 0.717) is 5.69 Å². The summed E-state index contributed by atoms with van der Waals surface area (Å²) in [5.41, 5.74) is 7.04. The van der Waals surface area contributed by atoms with Gasteiger partial charge in [0.25, 0.3) is 0 Å². The number of nitrogens with zero attached hydrogens (tertiary/aromatic N) is 5. The Bertz CT molecular complexity index is 850. The number of anilines is 3. The molecule has 0 unspecified atom stereocenters. The molecule has 3 aromatic rings. The number of nitrogens with two attached hydrogens (primary N) is 1. The van der Waals surface area contributed by atoms with E-state index in [0.717, 1.165) is 47.7 Å². The van der Waals surface area contributed by atoms with Crippen LogP contribution in [0.2, 0.25) is 0 Å². The Hall–Kier alpha value is -2.80. The van der Waals surface area contributed by atoms with Crippen molar-refractivity contribution in [1.82, 2.24) is 15.0 Å². The highest BCUT2D eigenvalue weighted by atomic mass is 32.2. The van der Waals surface area contributed by atoms with Crippen molar-refractivity contribution in [2.24, 2.45) is 0 Å². The maximum Gasteiger partial charge on any atom is 0.156 e. The molecule has 26 heavy (non-hydrogen) atoms. The summed E-state index contributed by atoms with van der Waals surface area (Å²) in [6.45, 7) is 3.49. The minimum atomic E-state index is 0.646. The van der Waals surface area contributed by atoms with Crippen molar-refractivity contribution in [1.29, 1.82) is 0 Å². The molecule has 0 saturated carbocycles. The van der Waals surface area contributed by atoms with Crippen LogP contribution in [-0.2, 0) is 0 Å². The van der Waals surface area contributed by atoms with E-state index in [-0.39, 0.29) is 0 Å². The molecule has 0 bridgehead atoms. The van der Waals surface area contributed by atoms with E-state index in [1.165, 1.54) is 0 Å². The number of piperazine rings is 1. The molecule has 6 nitrogen and oxygen atoms in total. The average molecular weight is 364 g/mol. The highest BCUT2D eigenvalue weighted by molar-refractivity contribution is 7.99. The minimum absolute atomic E-state index is 0.646. The largest absolute Gasteiger partial charge is 0.394 e. The number of hydrogen-bond acceptors (Lipinski definition) is 7. The Morgan fingerprint density at radius 1 is 0.808 bits per heavy atom. The lowest BCUT2D eigenvalue weighted by Gasteiger charge is -2.36. The van der Waals surface area contributed by atoms with Gasteiger partial charge in [0.15, 0.2) is 5.82 Å². The van der Waals surface area contributed by atoms with Crippen LogP contribution in [0.25, 0.3) is 0 Å². The summed E-state index contributed by atoms with van der Waals surface area (Å²) in [6, 6.07) is 16.1. The van der Waals surface area contributed by atoms with Crippen molar-refractivity contribution in [3.63, 3.8) is 0 Å². The van der Waals surface area contributed by atoms with Crippen LogP contribution < -0.4 is 15.5 Å². The average Bonchev–Trinajstić information content (AvgIpc) is 2.71. The molecule has 3 heterocycles. The smallest absolute Gasteiger partial charge is 0.156 e. The quantitative estimate of drug-likeness (QED) is 0.714. The fourth-order valence-corrected chi connectivity index (χ4v) is 3.81. The molecule has 1 aliphatic heterocycles. The fourth-order valence-electron chi connectivity index (χ4n) is 2.99. The van der Waals surface area contributed by atoms with Crippen LogP contribution in [0.4, 0.5) is 17.3 Å². The molecule has 1 saturated heterocycles. The minimum Gasteiger partial charge on any atom is -0.394 e. The highest BCUT2D eigenvalue weighted by Gasteiger charge is 2.22. The third kappa shape index (κ3) is 3.57. The lowest BCUT2D eigenvalue weighted by Crippen LogP contribution is -2.47. The Morgan fingerprint density at radius 2 is 1.54 bits per heavy atom. The molecule has 7 heteroatoms. The van der Waals surface area contributed by atoms with Crippen LogP contribution in [0.3, 0.4) is 0 Å². The summed E-state index contributed by atoms with van der Waals surface area (Å²) in [5.74, 6) is 1.84. The lowest BCUT2D eigenvalue weighted by molar-refractivity contribution is 0.641. The molecule has 0 radical (unpaired) electrons. The molecule has 2 aromatic heterocycles. The van der Waals surface area contributed by atoms with Crippen LogP contribution in [0.5, 0.6) is 0 Å². The van der Waals surface area contributed by atoms with E-state index in [2.05, 4.69) is 36.9 Å². The molecule has 1 fully saturated rings. The molecule has 132 valence electrons. The van der Waals surface area contributed by atoms with E-state index < -0.39 is 0 Å². The second-order valence-corrected chi connectivity index (χ2v) is 7.06. The monoisotopic (exact) mass is 364 g/mol. The van der Waals surface area contributed by atoms with Gasteiger partial charge in [-0.2, -0.15) is 0 Å². The molecule has 1 aromatic carbocycles. The molecule has 0 spiro atoms. The maximum atomic E-state index is 6.39. The molecule has 0 aliphatic carbocycles. The Balaban J connectivity index is 1.48. The van der Waals surface area contributed by atoms with Crippen molar-refractivity contribution < 1.29 is 0 Å². The van der Waals surface area contributed by atoms with Crippen molar-refractivity contribution in [2.75, 3.05) is 41.7 Å². The summed E-state index contributed by atoms with van der Waals surface area (Å²) >= 11 is 1.57. The first-order valence-electron chi connectivity index (χ1n) is 8.55. The first-order chi connectivity index (χ1) is 12.8. The standard InChI is InChI=1S/C19H20N6S/c20-17-18(22-14-23-19(17)26-15-6-2-1-3-7-15)25-12-10-24(11-13-25)16-8-4-5-9-21-16/h1-9,14H,10-13,20H2. The molecule has 0 amide bonds. The van der Waals surface area contributed by atoms with Gasteiger partial charge in [-0.25, -0.2) is 15.0 Å². The number of rotatable bonds is 4. The molecule has 0 atom stereocenters. The SMILES string of the molecule is Nc1c(Sc2ccccc2)ncnc1N1CCN(c2ccccn2)CC1. The summed E-state index contributed by atoms with van der Waals surface area (Å²) in [4.78, 5) is 18.9. The third-order valence-corrected chi connectivity index (χ3v) is 5.36. The molecule has 4 rings (SSSR count). The number of hydrogen-bond donors (Lipinski definition) is 1. The predicted octanol–water partition coefficient (Wildman–Crippen LogP) is 2.93. The van der Waals surface area contributed by atoms with Crippen molar-refractivity contribution in [2.45, 2.75) is 9.92 Å². The van der Waals surface area contributed by atoms with E-state index in [4.69, 9.17) is 5.73 Å². The number of aromatic nitrogens is 3. The van der Waals surface area contributed by atoms with Gasteiger partial charge in [-0.3, -0.25) is 0 Å². The van der Waals surface area contributed by atoms with Crippen LogP contribution in [0.1, 0.15) is 0 Å². The van der Waals surface area contributed by atoms with E-state index in [9.17, 15) is 0 Å².